The minimum Gasteiger partial charge on any atom is -0.314 e. The zero-order valence-corrected chi connectivity index (χ0v) is 11.1. The smallest absolute Gasteiger partial charge is 0.0404 e. The molecular formula is C15H24N2. The molecule has 0 aliphatic heterocycles. The number of hydrogen-bond donors (Lipinski definition) is 1. The van der Waals surface area contributed by atoms with Crippen LogP contribution in [0, 0.1) is 0 Å². The lowest BCUT2D eigenvalue weighted by Crippen LogP contribution is -2.30. The van der Waals surface area contributed by atoms with Gasteiger partial charge in [-0.15, -0.1) is 6.58 Å². The molecule has 0 aliphatic rings. The zero-order valence-electron chi connectivity index (χ0n) is 11.1. The van der Waals surface area contributed by atoms with Crippen molar-refractivity contribution in [2.75, 3.05) is 6.54 Å². The molecule has 1 heterocycles. The van der Waals surface area contributed by atoms with Crippen molar-refractivity contribution < 1.29 is 0 Å². The van der Waals surface area contributed by atoms with Crippen LogP contribution in [-0.2, 0) is 6.42 Å². The molecule has 1 unspecified atom stereocenters. The summed E-state index contributed by atoms with van der Waals surface area (Å²) in [5.74, 6) is 0. The van der Waals surface area contributed by atoms with Gasteiger partial charge in [0.1, 0.15) is 0 Å². The first kappa shape index (κ1) is 13.9. The molecular weight excluding hydrogens is 208 g/mol. The van der Waals surface area contributed by atoms with Crippen molar-refractivity contribution in [3.8, 4) is 0 Å². The highest BCUT2D eigenvalue weighted by atomic mass is 14.9. The Morgan fingerprint density at radius 3 is 2.88 bits per heavy atom. The quantitative estimate of drug-likeness (QED) is 0.695. The van der Waals surface area contributed by atoms with Gasteiger partial charge in [-0.1, -0.05) is 18.6 Å². The van der Waals surface area contributed by atoms with Crippen molar-refractivity contribution in [2.24, 2.45) is 0 Å². The van der Waals surface area contributed by atoms with Crippen LogP contribution in [0.15, 0.2) is 36.5 Å². The predicted octanol–water partition coefficient (Wildman–Crippen LogP) is 3.35. The van der Waals surface area contributed by atoms with Crippen molar-refractivity contribution in [3.05, 3.63) is 42.2 Å². The highest BCUT2D eigenvalue weighted by Gasteiger charge is 2.08. The van der Waals surface area contributed by atoms with Crippen molar-refractivity contribution in [3.63, 3.8) is 0 Å². The second-order valence-electron chi connectivity index (χ2n) is 4.67. The third kappa shape index (κ3) is 6.22. The van der Waals surface area contributed by atoms with Gasteiger partial charge in [0.05, 0.1) is 0 Å². The fourth-order valence-electron chi connectivity index (χ4n) is 1.91. The molecule has 1 aromatic rings. The Morgan fingerprint density at radius 2 is 2.29 bits per heavy atom. The van der Waals surface area contributed by atoms with E-state index in [0.29, 0.717) is 6.04 Å². The van der Waals surface area contributed by atoms with Crippen molar-refractivity contribution in [1.82, 2.24) is 10.3 Å². The summed E-state index contributed by atoms with van der Waals surface area (Å²) in [7, 11) is 0. The van der Waals surface area contributed by atoms with Gasteiger partial charge in [0.15, 0.2) is 0 Å². The molecule has 0 saturated carbocycles. The van der Waals surface area contributed by atoms with E-state index in [2.05, 4.69) is 42.9 Å². The van der Waals surface area contributed by atoms with Gasteiger partial charge in [-0.05, 0) is 51.3 Å². The van der Waals surface area contributed by atoms with Crippen LogP contribution in [-0.4, -0.2) is 17.6 Å². The van der Waals surface area contributed by atoms with E-state index in [-0.39, 0.29) is 0 Å². The minimum absolute atomic E-state index is 0.537. The Labute approximate surface area is 105 Å². The highest BCUT2D eigenvalue weighted by Crippen LogP contribution is 2.09. The van der Waals surface area contributed by atoms with Gasteiger partial charge in [-0.3, -0.25) is 4.98 Å². The molecule has 0 radical (unpaired) electrons. The maximum atomic E-state index is 4.36. The molecule has 1 N–H and O–H groups in total. The summed E-state index contributed by atoms with van der Waals surface area (Å²) < 4.78 is 0. The van der Waals surface area contributed by atoms with E-state index in [4.69, 9.17) is 0 Å². The molecule has 17 heavy (non-hydrogen) atoms. The zero-order chi connectivity index (χ0) is 12.5. The van der Waals surface area contributed by atoms with E-state index in [1.807, 2.05) is 12.3 Å². The average molecular weight is 232 g/mol. The molecule has 94 valence electrons. The summed E-state index contributed by atoms with van der Waals surface area (Å²) in [5.41, 5.74) is 2.43. The molecule has 0 spiro atoms. The lowest BCUT2D eigenvalue weighted by molar-refractivity contribution is 0.475. The molecule has 0 aliphatic carbocycles. The number of pyridine rings is 1. The fraction of sp³-hybridized carbons (Fsp3) is 0.533. The second-order valence-corrected chi connectivity index (χ2v) is 4.67. The van der Waals surface area contributed by atoms with Crippen LogP contribution in [0.2, 0.25) is 0 Å². The molecule has 2 heteroatoms. The standard InChI is InChI=1S/C15H24N2/c1-4-10-16-15(12-13(2)3)9-8-14-7-5-6-11-17-14/h5-7,11,15-16H,2,4,8-10,12H2,1,3H3. The average Bonchev–Trinajstić information content (AvgIpc) is 2.33. The van der Waals surface area contributed by atoms with E-state index >= 15 is 0 Å². The molecule has 1 aromatic heterocycles. The second kappa shape index (κ2) is 8.02. The Hall–Kier alpha value is -1.15. The topological polar surface area (TPSA) is 24.9 Å². The van der Waals surface area contributed by atoms with Gasteiger partial charge in [-0.2, -0.15) is 0 Å². The SMILES string of the molecule is C=C(C)CC(CCc1ccccn1)NCCC. The number of nitrogens with one attached hydrogen (secondary N) is 1. The molecule has 0 fully saturated rings. The van der Waals surface area contributed by atoms with E-state index in [1.54, 1.807) is 0 Å². The van der Waals surface area contributed by atoms with Crippen LogP contribution in [0.4, 0.5) is 0 Å². The molecule has 1 rings (SSSR count). The van der Waals surface area contributed by atoms with Crippen LogP contribution in [0.3, 0.4) is 0 Å². The fourth-order valence-corrected chi connectivity index (χ4v) is 1.91. The van der Waals surface area contributed by atoms with E-state index in [1.165, 1.54) is 17.7 Å². The largest absolute Gasteiger partial charge is 0.314 e. The Balaban J connectivity index is 2.40. The van der Waals surface area contributed by atoms with Crippen LogP contribution < -0.4 is 5.32 Å². The normalized spacial score (nSPS) is 12.4. The van der Waals surface area contributed by atoms with Crippen molar-refractivity contribution >= 4 is 0 Å². The van der Waals surface area contributed by atoms with Gasteiger partial charge in [0.2, 0.25) is 0 Å². The third-order valence-corrected chi connectivity index (χ3v) is 2.75. The molecule has 0 aromatic carbocycles. The summed E-state index contributed by atoms with van der Waals surface area (Å²) in [6, 6.07) is 6.65. The van der Waals surface area contributed by atoms with Crippen LogP contribution in [0.5, 0.6) is 0 Å². The Bertz CT molecular complexity index is 319. The lowest BCUT2D eigenvalue weighted by atomic mass is 10.0. The maximum Gasteiger partial charge on any atom is 0.0404 e. The molecule has 0 saturated heterocycles. The summed E-state index contributed by atoms with van der Waals surface area (Å²) in [6.07, 6.45) is 6.27. The Kier molecular flexibility index (Phi) is 6.56. The van der Waals surface area contributed by atoms with Gasteiger partial charge in [-0.25, -0.2) is 0 Å². The summed E-state index contributed by atoms with van der Waals surface area (Å²) in [4.78, 5) is 4.36. The number of hydrogen-bond acceptors (Lipinski definition) is 2. The first-order chi connectivity index (χ1) is 8.22. The van der Waals surface area contributed by atoms with Gasteiger partial charge >= 0.3 is 0 Å². The lowest BCUT2D eigenvalue weighted by Gasteiger charge is -2.18. The van der Waals surface area contributed by atoms with E-state index in [0.717, 1.165) is 25.8 Å². The van der Waals surface area contributed by atoms with Crippen molar-refractivity contribution in [1.29, 1.82) is 0 Å². The molecule has 0 amide bonds. The van der Waals surface area contributed by atoms with Gasteiger partial charge < -0.3 is 5.32 Å². The van der Waals surface area contributed by atoms with Crippen LogP contribution in [0.1, 0.15) is 38.8 Å². The van der Waals surface area contributed by atoms with Crippen molar-refractivity contribution in [2.45, 2.75) is 45.6 Å². The molecule has 1 atom stereocenters. The monoisotopic (exact) mass is 232 g/mol. The third-order valence-electron chi connectivity index (χ3n) is 2.75. The summed E-state index contributed by atoms with van der Waals surface area (Å²) in [6.45, 7) is 9.38. The number of aryl methyl sites for hydroxylation is 1. The van der Waals surface area contributed by atoms with Gasteiger partial charge in [0, 0.05) is 17.9 Å². The molecule has 0 bridgehead atoms. The number of rotatable bonds is 8. The maximum absolute atomic E-state index is 4.36. The minimum atomic E-state index is 0.537. The molecule has 2 nitrogen and oxygen atoms in total. The number of aromatic nitrogens is 1. The first-order valence-electron chi connectivity index (χ1n) is 6.50. The highest BCUT2D eigenvalue weighted by molar-refractivity contribution is 5.04. The van der Waals surface area contributed by atoms with Gasteiger partial charge in [0.25, 0.3) is 0 Å². The van der Waals surface area contributed by atoms with Crippen LogP contribution in [0.25, 0.3) is 0 Å². The predicted molar refractivity (Wildman–Crippen MR) is 74.1 cm³/mol. The first-order valence-corrected chi connectivity index (χ1v) is 6.50. The van der Waals surface area contributed by atoms with E-state index < -0.39 is 0 Å². The summed E-state index contributed by atoms with van der Waals surface area (Å²) >= 11 is 0. The summed E-state index contributed by atoms with van der Waals surface area (Å²) in [5, 5.41) is 3.58. The van der Waals surface area contributed by atoms with Crippen LogP contribution >= 0.6 is 0 Å². The Morgan fingerprint density at radius 1 is 1.47 bits per heavy atom. The van der Waals surface area contributed by atoms with E-state index in [9.17, 15) is 0 Å². The number of nitrogens with zero attached hydrogens (tertiary/aromatic N) is 1.